The van der Waals surface area contributed by atoms with Gasteiger partial charge in [-0.05, 0) is 68.8 Å². The van der Waals surface area contributed by atoms with Crippen molar-refractivity contribution in [2.75, 3.05) is 13.2 Å². The van der Waals surface area contributed by atoms with Crippen molar-refractivity contribution in [3.8, 4) is 0 Å². The highest BCUT2D eigenvalue weighted by atomic mass is 19.1. The highest BCUT2D eigenvalue weighted by molar-refractivity contribution is 5.27. The first-order valence-corrected chi connectivity index (χ1v) is 7.77. The van der Waals surface area contributed by atoms with Gasteiger partial charge in [-0.25, -0.2) is 4.39 Å². The van der Waals surface area contributed by atoms with E-state index in [1.165, 1.54) is 12.8 Å². The summed E-state index contributed by atoms with van der Waals surface area (Å²) in [6.45, 7) is 7.75. The van der Waals surface area contributed by atoms with Crippen LogP contribution < -0.4 is 5.32 Å². The molecule has 0 aromatic heterocycles. The van der Waals surface area contributed by atoms with E-state index in [1.54, 1.807) is 12.1 Å². The lowest BCUT2D eigenvalue weighted by atomic mass is 9.96. The summed E-state index contributed by atoms with van der Waals surface area (Å²) in [4.78, 5) is 0. The number of rotatable bonds is 8. The third-order valence-electron chi connectivity index (χ3n) is 3.81. The Balaban J connectivity index is 2.24. The topological polar surface area (TPSA) is 21.3 Å². The maximum Gasteiger partial charge on any atom is 0.123 e. The van der Waals surface area contributed by atoms with Crippen molar-refractivity contribution < 1.29 is 9.13 Å². The molecule has 1 N–H and O–H groups in total. The van der Waals surface area contributed by atoms with Gasteiger partial charge in [-0.1, -0.05) is 13.0 Å². The molecule has 2 nitrogen and oxygen atoms in total. The van der Waals surface area contributed by atoms with E-state index < -0.39 is 0 Å². The zero-order valence-electron chi connectivity index (χ0n) is 12.8. The Morgan fingerprint density at radius 1 is 1.30 bits per heavy atom. The largest absolute Gasteiger partial charge is 0.376 e. The molecule has 2 unspecified atom stereocenters. The van der Waals surface area contributed by atoms with E-state index in [0.717, 1.165) is 24.1 Å². The highest BCUT2D eigenvalue weighted by Gasteiger charge is 2.37. The fourth-order valence-electron chi connectivity index (χ4n) is 2.79. The second-order valence-electron chi connectivity index (χ2n) is 5.75. The van der Waals surface area contributed by atoms with Gasteiger partial charge in [0.25, 0.3) is 0 Å². The van der Waals surface area contributed by atoms with Crippen LogP contribution in [-0.4, -0.2) is 19.3 Å². The van der Waals surface area contributed by atoms with Crippen molar-refractivity contribution in [1.29, 1.82) is 0 Å². The van der Waals surface area contributed by atoms with Crippen molar-refractivity contribution in [1.82, 2.24) is 5.32 Å². The summed E-state index contributed by atoms with van der Waals surface area (Å²) in [7, 11) is 0. The molecule has 112 valence electrons. The molecule has 0 saturated heterocycles. The Kier molecular flexibility index (Phi) is 5.55. The van der Waals surface area contributed by atoms with E-state index in [4.69, 9.17) is 4.74 Å². The van der Waals surface area contributed by atoms with Gasteiger partial charge >= 0.3 is 0 Å². The van der Waals surface area contributed by atoms with Gasteiger partial charge in [0.05, 0.1) is 12.1 Å². The maximum atomic E-state index is 13.7. The van der Waals surface area contributed by atoms with Crippen molar-refractivity contribution in [2.24, 2.45) is 5.92 Å². The molecular weight excluding hydrogens is 253 g/mol. The average molecular weight is 279 g/mol. The summed E-state index contributed by atoms with van der Waals surface area (Å²) in [6, 6.07) is 5.39. The Morgan fingerprint density at radius 2 is 2.05 bits per heavy atom. The minimum Gasteiger partial charge on any atom is -0.376 e. The Morgan fingerprint density at radius 3 is 2.60 bits per heavy atom. The molecule has 1 saturated carbocycles. The van der Waals surface area contributed by atoms with Gasteiger partial charge < -0.3 is 10.1 Å². The molecule has 2 rings (SSSR count). The molecule has 0 radical (unpaired) electrons. The number of aryl methyl sites for hydroxylation is 1. The predicted octanol–water partition coefficient (Wildman–Crippen LogP) is 3.99. The quantitative estimate of drug-likeness (QED) is 0.777. The molecule has 0 bridgehead atoms. The number of halogens is 1. The highest BCUT2D eigenvalue weighted by Crippen LogP contribution is 2.40. The summed E-state index contributed by atoms with van der Waals surface area (Å²) in [6.07, 6.45) is 3.67. The van der Waals surface area contributed by atoms with Gasteiger partial charge in [-0.15, -0.1) is 0 Å². The number of ether oxygens (including phenoxy) is 1. The third-order valence-corrected chi connectivity index (χ3v) is 3.81. The van der Waals surface area contributed by atoms with Crippen LogP contribution >= 0.6 is 0 Å². The molecule has 0 heterocycles. The minimum absolute atomic E-state index is 0.0943. The van der Waals surface area contributed by atoms with Crippen LogP contribution in [0.2, 0.25) is 0 Å². The molecule has 2 atom stereocenters. The van der Waals surface area contributed by atoms with Crippen LogP contribution in [0.5, 0.6) is 0 Å². The van der Waals surface area contributed by atoms with E-state index >= 15 is 0 Å². The standard InChI is InChI=1S/C17H26FNO/c1-4-8-19-16(17(20-5-2)13-6-7-13)14-9-12(3)10-15(18)11-14/h9-11,13,16-17,19H,4-8H2,1-3H3. The van der Waals surface area contributed by atoms with Gasteiger partial charge in [-0.2, -0.15) is 0 Å². The normalized spacial score (nSPS) is 18.0. The molecule has 3 heteroatoms. The van der Waals surface area contributed by atoms with Crippen molar-refractivity contribution >= 4 is 0 Å². The van der Waals surface area contributed by atoms with Gasteiger partial charge in [0.15, 0.2) is 0 Å². The summed E-state index contributed by atoms with van der Waals surface area (Å²) < 4.78 is 19.7. The number of hydrogen-bond acceptors (Lipinski definition) is 2. The second-order valence-corrected chi connectivity index (χ2v) is 5.75. The van der Waals surface area contributed by atoms with Crippen LogP contribution in [0.4, 0.5) is 4.39 Å². The summed E-state index contributed by atoms with van der Waals surface area (Å²) in [5.41, 5.74) is 1.98. The molecule has 20 heavy (non-hydrogen) atoms. The van der Waals surface area contributed by atoms with Gasteiger partial charge in [0.1, 0.15) is 5.82 Å². The average Bonchev–Trinajstić information content (AvgIpc) is 3.21. The Bertz CT molecular complexity index is 411. The van der Waals surface area contributed by atoms with E-state index in [2.05, 4.69) is 18.3 Å². The minimum atomic E-state index is -0.158. The van der Waals surface area contributed by atoms with Crippen molar-refractivity contribution in [3.63, 3.8) is 0 Å². The Hall–Kier alpha value is -0.930. The zero-order chi connectivity index (χ0) is 14.5. The molecule has 1 fully saturated rings. The zero-order valence-corrected chi connectivity index (χ0v) is 12.8. The fraction of sp³-hybridized carbons (Fsp3) is 0.647. The van der Waals surface area contributed by atoms with Gasteiger partial charge in [0.2, 0.25) is 0 Å². The van der Waals surface area contributed by atoms with E-state index in [-0.39, 0.29) is 18.0 Å². The lowest BCUT2D eigenvalue weighted by Gasteiger charge is -2.29. The van der Waals surface area contributed by atoms with E-state index in [1.807, 2.05) is 13.8 Å². The van der Waals surface area contributed by atoms with Crippen LogP contribution in [-0.2, 0) is 4.74 Å². The third kappa shape index (κ3) is 4.03. The molecule has 1 aliphatic rings. The molecule has 0 amide bonds. The van der Waals surface area contributed by atoms with Crippen LogP contribution in [0, 0.1) is 18.7 Å². The first-order valence-electron chi connectivity index (χ1n) is 7.77. The van der Waals surface area contributed by atoms with Crippen molar-refractivity contribution in [3.05, 3.63) is 35.1 Å². The van der Waals surface area contributed by atoms with Gasteiger partial charge in [0, 0.05) is 6.61 Å². The number of nitrogens with one attached hydrogen (secondary N) is 1. The smallest absolute Gasteiger partial charge is 0.123 e. The fourth-order valence-corrected chi connectivity index (χ4v) is 2.79. The van der Waals surface area contributed by atoms with E-state index in [9.17, 15) is 4.39 Å². The van der Waals surface area contributed by atoms with E-state index in [0.29, 0.717) is 12.5 Å². The SMILES string of the molecule is CCCNC(c1cc(C)cc(F)c1)C(OCC)C1CC1. The lowest BCUT2D eigenvalue weighted by Crippen LogP contribution is -2.36. The lowest BCUT2D eigenvalue weighted by molar-refractivity contribution is 0.0185. The summed E-state index contributed by atoms with van der Waals surface area (Å²) >= 11 is 0. The van der Waals surface area contributed by atoms with Crippen LogP contribution in [0.3, 0.4) is 0 Å². The molecular formula is C17H26FNO. The summed E-state index contributed by atoms with van der Waals surface area (Å²) in [5, 5.41) is 3.55. The Labute approximate surface area is 121 Å². The monoisotopic (exact) mass is 279 g/mol. The molecule has 0 aliphatic heterocycles. The van der Waals surface area contributed by atoms with Crippen LogP contribution in [0.25, 0.3) is 0 Å². The molecule has 0 spiro atoms. The summed E-state index contributed by atoms with van der Waals surface area (Å²) in [5.74, 6) is 0.460. The first kappa shape index (κ1) is 15.5. The molecule has 1 aromatic rings. The molecule has 1 aromatic carbocycles. The predicted molar refractivity (Wildman–Crippen MR) is 80.3 cm³/mol. The first-order chi connectivity index (χ1) is 9.65. The molecule has 1 aliphatic carbocycles. The van der Waals surface area contributed by atoms with Gasteiger partial charge in [-0.3, -0.25) is 0 Å². The van der Waals surface area contributed by atoms with Crippen molar-refractivity contribution in [2.45, 2.75) is 52.2 Å². The van der Waals surface area contributed by atoms with Crippen LogP contribution in [0.15, 0.2) is 18.2 Å². The number of hydrogen-bond donors (Lipinski definition) is 1. The second kappa shape index (κ2) is 7.19. The van der Waals surface area contributed by atoms with Crippen LogP contribution in [0.1, 0.15) is 50.3 Å². The number of benzene rings is 1. The maximum absolute atomic E-state index is 13.7.